The van der Waals surface area contributed by atoms with E-state index in [2.05, 4.69) is 28.6 Å². The molecule has 1 atom stereocenters. The molecule has 25 heavy (non-hydrogen) atoms. The van der Waals surface area contributed by atoms with Crippen molar-refractivity contribution >= 4 is 22.6 Å². The van der Waals surface area contributed by atoms with E-state index in [0.717, 1.165) is 40.7 Å². The van der Waals surface area contributed by atoms with Crippen LogP contribution < -0.4 is 4.74 Å². The number of aryl methyl sites for hydroxylation is 1. The lowest BCUT2D eigenvalue weighted by molar-refractivity contribution is 0.240. The fourth-order valence-electron chi connectivity index (χ4n) is 3.76. The Hall–Kier alpha value is -2.04. The summed E-state index contributed by atoms with van der Waals surface area (Å²) in [7, 11) is 3.78. The first-order chi connectivity index (χ1) is 12.2. The maximum absolute atomic E-state index is 6.11. The molecular formula is C20H22ClN3O. The Morgan fingerprint density at radius 3 is 2.76 bits per heavy atom. The van der Waals surface area contributed by atoms with Gasteiger partial charge in [-0.15, -0.1) is 0 Å². The zero-order valence-corrected chi connectivity index (χ0v) is 15.3. The van der Waals surface area contributed by atoms with Crippen LogP contribution in [0.1, 0.15) is 30.3 Å². The number of benzene rings is 2. The molecule has 5 heteroatoms. The fraction of sp³-hybridized carbons (Fsp3) is 0.350. The number of halogens is 1. The Morgan fingerprint density at radius 2 is 2.00 bits per heavy atom. The second-order valence-corrected chi connectivity index (χ2v) is 7.06. The van der Waals surface area contributed by atoms with Gasteiger partial charge in [0.15, 0.2) is 0 Å². The van der Waals surface area contributed by atoms with E-state index >= 15 is 0 Å². The first-order valence-electron chi connectivity index (χ1n) is 8.64. The topological polar surface area (TPSA) is 30.3 Å². The van der Waals surface area contributed by atoms with Gasteiger partial charge in [-0.1, -0.05) is 23.7 Å². The van der Waals surface area contributed by atoms with E-state index in [0.29, 0.717) is 6.04 Å². The van der Waals surface area contributed by atoms with Crippen molar-refractivity contribution in [1.29, 1.82) is 0 Å². The van der Waals surface area contributed by atoms with Gasteiger partial charge in [-0.2, -0.15) is 0 Å². The summed E-state index contributed by atoms with van der Waals surface area (Å²) in [4.78, 5) is 7.33. The maximum atomic E-state index is 6.11. The van der Waals surface area contributed by atoms with Crippen LogP contribution in [0.5, 0.6) is 5.75 Å². The second kappa shape index (κ2) is 6.70. The van der Waals surface area contributed by atoms with Gasteiger partial charge in [0.25, 0.3) is 0 Å². The highest BCUT2D eigenvalue weighted by Gasteiger charge is 2.27. The van der Waals surface area contributed by atoms with Crippen molar-refractivity contribution in [2.45, 2.75) is 25.4 Å². The first-order valence-corrected chi connectivity index (χ1v) is 9.02. The predicted octanol–water partition coefficient (Wildman–Crippen LogP) is 4.57. The van der Waals surface area contributed by atoms with Gasteiger partial charge in [-0.05, 0) is 55.3 Å². The normalized spacial score (nSPS) is 18.1. The molecule has 1 fully saturated rings. The van der Waals surface area contributed by atoms with Crippen LogP contribution in [0.25, 0.3) is 11.0 Å². The Morgan fingerprint density at radius 1 is 1.20 bits per heavy atom. The molecule has 3 aromatic rings. The Kier molecular flexibility index (Phi) is 4.40. The van der Waals surface area contributed by atoms with Crippen LogP contribution in [0.15, 0.2) is 42.5 Å². The summed E-state index contributed by atoms with van der Waals surface area (Å²) in [5, 5.41) is 0.731. The van der Waals surface area contributed by atoms with Crippen LogP contribution >= 0.6 is 11.6 Å². The lowest BCUT2D eigenvalue weighted by Crippen LogP contribution is -2.24. The van der Waals surface area contributed by atoms with Gasteiger partial charge < -0.3 is 9.30 Å². The van der Waals surface area contributed by atoms with Crippen molar-refractivity contribution in [2.24, 2.45) is 7.05 Å². The molecule has 0 aliphatic carbocycles. The smallest absolute Gasteiger partial charge is 0.123 e. The number of imidazole rings is 1. The van der Waals surface area contributed by atoms with Crippen molar-refractivity contribution in [3.8, 4) is 5.75 Å². The highest BCUT2D eigenvalue weighted by molar-refractivity contribution is 6.31. The molecule has 0 spiro atoms. The minimum absolute atomic E-state index is 0.439. The zero-order chi connectivity index (χ0) is 17.4. The van der Waals surface area contributed by atoms with Crippen molar-refractivity contribution in [1.82, 2.24) is 14.5 Å². The number of nitrogens with zero attached hydrogens (tertiary/aromatic N) is 3. The number of aromatic nitrogens is 2. The third-order valence-corrected chi connectivity index (χ3v) is 5.38. The minimum atomic E-state index is 0.439. The predicted molar refractivity (Wildman–Crippen MR) is 101 cm³/mol. The lowest BCUT2D eigenvalue weighted by atomic mass is 10.0. The summed E-state index contributed by atoms with van der Waals surface area (Å²) in [5.74, 6) is 1.98. The zero-order valence-electron chi connectivity index (χ0n) is 14.6. The monoisotopic (exact) mass is 355 g/mol. The average Bonchev–Trinajstić information content (AvgIpc) is 3.20. The largest absolute Gasteiger partial charge is 0.497 e. The number of ether oxygens (including phenoxy) is 1. The van der Waals surface area contributed by atoms with Crippen LogP contribution in [0.2, 0.25) is 5.02 Å². The number of hydrogen-bond donors (Lipinski definition) is 0. The van der Waals surface area contributed by atoms with Crippen LogP contribution in [0.4, 0.5) is 0 Å². The molecular weight excluding hydrogens is 334 g/mol. The molecule has 1 aliphatic rings. The standard InChI is InChI=1S/C20H22ClN3O/c1-23-19-10-7-15(21)12-17(19)22-20(23)13-24-11-3-4-18(24)14-5-8-16(25-2)9-6-14/h5-10,12,18H,3-4,11,13H2,1-2H3/t18-/m0/s1. The molecule has 0 bridgehead atoms. The fourth-order valence-corrected chi connectivity index (χ4v) is 3.93. The summed E-state index contributed by atoms with van der Waals surface area (Å²) < 4.78 is 7.45. The highest BCUT2D eigenvalue weighted by Crippen LogP contribution is 2.34. The van der Waals surface area contributed by atoms with Gasteiger partial charge in [0.05, 0.1) is 24.7 Å². The van der Waals surface area contributed by atoms with Crippen LogP contribution in [0, 0.1) is 0 Å². The van der Waals surface area contributed by atoms with Crippen LogP contribution in [-0.2, 0) is 13.6 Å². The van der Waals surface area contributed by atoms with Gasteiger partial charge in [-0.25, -0.2) is 4.98 Å². The molecule has 0 saturated carbocycles. The van der Waals surface area contributed by atoms with Crippen molar-refractivity contribution in [3.05, 3.63) is 58.9 Å². The van der Waals surface area contributed by atoms with Gasteiger partial charge in [0, 0.05) is 18.1 Å². The van der Waals surface area contributed by atoms with E-state index in [9.17, 15) is 0 Å². The van der Waals surface area contributed by atoms with Gasteiger partial charge in [0.2, 0.25) is 0 Å². The molecule has 0 radical (unpaired) electrons. The lowest BCUT2D eigenvalue weighted by Gasteiger charge is -2.24. The van der Waals surface area contributed by atoms with E-state index in [-0.39, 0.29) is 0 Å². The number of rotatable bonds is 4. The Bertz CT molecular complexity index is 888. The van der Waals surface area contributed by atoms with E-state index in [1.54, 1.807) is 7.11 Å². The molecule has 2 aromatic carbocycles. The Balaban J connectivity index is 1.59. The molecule has 130 valence electrons. The molecule has 0 amide bonds. The number of fused-ring (bicyclic) bond motifs is 1. The summed E-state index contributed by atoms with van der Waals surface area (Å²) in [6.45, 7) is 1.94. The summed E-state index contributed by atoms with van der Waals surface area (Å²) >= 11 is 6.11. The number of methoxy groups -OCH3 is 1. The summed E-state index contributed by atoms with van der Waals surface area (Å²) in [5.41, 5.74) is 3.44. The minimum Gasteiger partial charge on any atom is -0.497 e. The van der Waals surface area contributed by atoms with Gasteiger partial charge in [-0.3, -0.25) is 4.90 Å². The van der Waals surface area contributed by atoms with Crippen molar-refractivity contribution < 1.29 is 4.74 Å². The molecule has 4 rings (SSSR count). The van der Waals surface area contributed by atoms with Crippen LogP contribution in [0.3, 0.4) is 0 Å². The van der Waals surface area contributed by atoms with Crippen LogP contribution in [-0.4, -0.2) is 28.1 Å². The van der Waals surface area contributed by atoms with E-state index < -0.39 is 0 Å². The second-order valence-electron chi connectivity index (χ2n) is 6.62. The van der Waals surface area contributed by atoms with E-state index in [1.165, 1.54) is 18.4 Å². The third-order valence-electron chi connectivity index (χ3n) is 5.14. The average molecular weight is 356 g/mol. The van der Waals surface area contributed by atoms with E-state index in [4.69, 9.17) is 21.3 Å². The molecule has 1 saturated heterocycles. The van der Waals surface area contributed by atoms with Crippen molar-refractivity contribution in [3.63, 3.8) is 0 Å². The number of hydrogen-bond acceptors (Lipinski definition) is 3. The third kappa shape index (κ3) is 3.12. The molecule has 0 unspecified atom stereocenters. The summed E-state index contributed by atoms with van der Waals surface area (Å²) in [6, 6.07) is 14.8. The van der Waals surface area contributed by atoms with Gasteiger partial charge >= 0.3 is 0 Å². The van der Waals surface area contributed by atoms with Crippen molar-refractivity contribution in [2.75, 3.05) is 13.7 Å². The molecule has 4 nitrogen and oxygen atoms in total. The molecule has 0 N–H and O–H groups in total. The summed E-state index contributed by atoms with van der Waals surface area (Å²) in [6.07, 6.45) is 2.40. The molecule has 1 aromatic heterocycles. The number of likely N-dealkylation sites (tertiary alicyclic amines) is 1. The highest BCUT2D eigenvalue weighted by atomic mass is 35.5. The van der Waals surface area contributed by atoms with Gasteiger partial charge in [0.1, 0.15) is 11.6 Å². The molecule has 1 aliphatic heterocycles. The Labute approximate surface area is 153 Å². The molecule has 2 heterocycles. The van der Waals surface area contributed by atoms with E-state index in [1.807, 2.05) is 30.3 Å². The SMILES string of the molecule is COc1ccc([C@@H]2CCCN2Cc2nc3cc(Cl)ccc3n2C)cc1. The quantitative estimate of drug-likeness (QED) is 0.686. The first kappa shape index (κ1) is 16.4. The maximum Gasteiger partial charge on any atom is 0.123 e.